The molecule has 0 unspecified atom stereocenters. The quantitative estimate of drug-likeness (QED) is 0.201. The van der Waals surface area contributed by atoms with Crippen LogP contribution in [0.25, 0.3) is 73.1 Å². The van der Waals surface area contributed by atoms with E-state index < -0.39 is 0 Å². The van der Waals surface area contributed by atoms with Crippen LogP contribution in [0.2, 0.25) is 0 Å². The van der Waals surface area contributed by atoms with Crippen LogP contribution in [0.3, 0.4) is 0 Å². The lowest BCUT2D eigenvalue weighted by Gasteiger charge is -2.25. The number of rotatable bonds is 3. The van der Waals surface area contributed by atoms with E-state index in [9.17, 15) is 0 Å². The number of hydrogen-bond acceptors (Lipinski definition) is 4. The summed E-state index contributed by atoms with van der Waals surface area (Å²) in [6.07, 6.45) is 0. The highest BCUT2D eigenvalue weighted by Gasteiger charge is 2.19. The summed E-state index contributed by atoms with van der Waals surface area (Å²) in [5.74, 6) is 0. The van der Waals surface area contributed by atoms with E-state index in [1.165, 1.54) is 56.5 Å². The Morgan fingerprint density at radius 3 is 1.98 bits per heavy atom. The lowest BCUT2D eigenvalue weighted by molar-refractivity contribution is 0.669. The maximum absolute atomic E-state index is 6.47. The first-order valence-electron chi connectivity index (χ1n) is 14.8. The molecule has 0 aliphatic rings. The summed E-state index contributed by atoms with van der Waals surface area (Å²) >= 11 is 3.72. The molecule has 10 rings (SSSR count). The Labute approximate surface area is 260 Å². The highest BCUT2D eigenvalue weighted by molar-refractivity contribution is 7.27. The second kappa shape index (κ2) is 9.17. The molecule has 44 heavy (non-hydrogen) atoms. The van der Waals surface area contributed by atoms with Gasteiger partial charge in [-0.1, -0.05) is 60.7 Å². The van der Waals surface area contributed by atoms with Crippen LogP contribution in [-0.2, 0) is 0 Å². The molecule has 0 spiro atoms. The van der Waals surface area contributed by atoms with E-state index in [-0.39, 0.29) is 0 Å². The monoisotopic (exact) mass is 597 g/mol. The zero-order valence-corrected chi connectivity index (χ0v) is 25.1. The van der Waals surface area contributed by atoms with Gasteiger partial charge < -0.3 is 9.32 Å². The van der Waals surface area contributed by atoms with Gasteiger partial charge in [-0.3, -0.25) is 0 Å². The highest BCUT2D eigenvalue weighted by atomic mass is 32.1. The van der Waals surface area contributed by atoms with Gasteiger partial charge in [-0.2, -0.15) is 0 Å². The molecule has 0 saturated heterocycles. The first-order chi connectivity index (χ1) is 21.8. The third-order valence-electron chi connectivity index (χ3n) is 8.81. The smallest absolute Gasteiger partial charge is 0.136 e. The van der Waals surface area contributed by atoms with Gasteiger partial charge in [0.1, 0.15) is 11.2 Å². The molecule has 2 nitrogen and oxygen atoms in total. The van der Waals surface area contributed by atoms with Gasteiger partial charge in [0.05, 0.1) is 0 Å². The van der Waals surface area contributed by atoms with Crippen molar-refractivity contribution in [2.45, 2.75) is 0 Å². The normalized spacial score (nSPS) is 12.1. The Morgan fingerprint density at radius 1 is 0.409 bits per heavy atom. The number of furan rings is 1. The Balaban J connectivity index is 1.23. The average Bonchev–Trinajstić information content (AvgIpc) is 3.74. The maximum atomic E-state index is 6.47. The van der Waals surface area contributed by atoms with Crippen molar-refractivity contribution < 1.29 is 4.42 Å². The van der Waals surface area contributed by atoms with Gasteiger partial charge in [-0.25, -0.2) is 0 Å². The third kappa shape index (κ3) is 3.53. The predicted octanol–water partition coefficient (Wildman–Crippen LogP) is 12.9. The van der Waals surface area contributed by atoms with E-state index in [1.807, 2.05) is 22.7 Å². The fourth-order valence-corrected chi connectivity index (χ4v) is 9.16. The minimum atomic E-state index is 0.908. The first kappa shape index (κ1) is 24.3. The fourth-order valence-electron chi connectivity index (χ4n) is 6.78. The van der Waals surface area contributed by atoms with Crippen LogP contribution in [0.1, 0.15) is 0 Å². The second-order valence-electron chi connectivity index (χ2n) is 11.3. The van der Waals surface area contributed by atoms with Crippen LogP contribution < -0.4 is 4.90 Å². The number of thiophene rings is 2. The molecule has 0 N–H and O–H groups in total. The summed E-state index contributed by atoms with van der Waals surface area (Å²) in [6, 6.07) is 50.5. The third-order valence-corrected chi connectivity index (χ3v) is 11.2. The number of hydrogen-bond donors (Lipinski definition) is 0. The molecule has 3 heterocycles. The Hall–Kier alpha value is -5.16. The predicted molar refractivity (Wildman–Crippen MR) is 192 cm³/mol. The molecule has 4 heteroatoms. The van der Waals surface area contributed by atoms with Gasteiger partial charge in [-0.15, -0.1) is 22.7 Å². The van der Waals surface area contributed by atoms with Crippen molar-refractivity contribution in [1.82, 2.24) is 0 Å². The standard InChI is InChI=1S/C40H23NOS2/c1-2-10-26(11-3-1)41(28-15-19-37-32(22-28)29-12-6-7-13-36(29)43-37)27-14-17-34-33(23-27)39-35(42-34)18-16-30-31-20-24-8-4-5-9-25(24)21-38(31)44-40(30)39/h1-23H. The number of para-hydroxylation sites is 1. The summed E-state index contributed by atoms with van der Waals surface area (Å²) in [5, 5.41) is 10.1. The van der Waals surface area contributed by atoms with Gasteiger partial charge in [0.2, 0.25) is 0 Å². The molecule has 0 saturated carbocycles. The molecule has 0 amide bonds. The zero-order chi connectivity index (χ0) is 28.8. The molecule has 0 radical (unpaired) electrons. The van der Waals surface area contributed by atoms with E-state index in [1.54, 1.807) is 0 Å². The Bertz CT molecular complexity index is 2730. The molecule has 0 atom stereocenters. The molecule has 3 aromatic heterocycles. The molecule has 206 valence electrons. The summed E-state index contributed by atoms with van der Waals surface area (Å²) in [7, 11) is 0. The lowest BCUT2D eigenvalue weighted by atomic mass is 10.0. The minimum Gasteiger partial charge on any atom is -0.456 e. The van der Waals surface area contributed by atoms with Crippen molar-refractivity contribution in [3.8, 4) is 0 Å². The second-order valence-corrected chi connectivity index (χ2v) is 13.5. The van der Waals surface area contributed by atoms with Gasteiger partial charge >= 0.3 is 0 Å². The van der Waals surface area contributed by atoms with Crippen LogP contribution >= 0.6 is 22.7 Å². The largest absolute Gasteiger partial charge is 0.456 e. The summed E-state index contributed by atoms with van der Waals surface area (Å²) < 4.78 is 11.7. The van der Waals surface area contributed by atoms with Crippen LogP contribution in [0, 0.1) is 0 Å². The molecule has 0 aliphatic carbocycles. The topological polar surface area (TPSA) is 16.4 Å². The van der Waals surface area contributed by atoms with E-state index in [0.717, 1.165) is 33.6 Å². The minimum absolute atomic E-state index is 0.908. The van der Waals surface area contributed by atoms with E-state index in [0.29, 0.717) is 0 Å². The summed E-state index contributed by atoms with van der Waals surface area (Å²) in [4.78, 5) is 2.36. The van der Waals surface area contributed by atoms with Gasteiger partial charge in [0, 0.05) is 68.2 Å². The van der Waals surface area contributed by atoms with Gasteiger partial charge in [0.15, 0.2) is 0 Å². The van der Waals surface area contributed by atoms with Gasteiger partial charge in [0.25, 0.3) is 0 Å². The summed E-state index contributed by atoms with van der Waals surface area (Å²) in [6.45, 7) is 0. The molecular weight excluding hydrogens is 575 g/mol. The van der Waals surface area contributed by atoms with Crippen molar-refractivity contribution in [3.63, 3.8) is 0 Å². The molecule has 0 aliphatic heterocycles. The van der Waals surface area contributed by atoms with Gasteiger partial charge in [-0.05, 0) is 89.6 Å². The van der Waals surface area contributed by atoms with E-state index in [4.69, 9.17) is 4.42 Å². The van der Waals surface area contributed by atoms with Crippen molar-refractivity contribution in [2.75, 3.05) is 4.90 Å². The van der Waals surface area contributed by atoms with Crippen molar-refractivity contribution >= 4 is 113 Å². The Morgan fingerprint density at radius 2 is 1.09 bits per heavy atom. The van der Waals surface area contributed by atoms with Crippen LogP contribution in [0.5, 0.6) is 0 Å². The maximum Gasteiger partial charge on any atom is 0.136 e. The number of fused-ring (bicyclic) bond motifs is 11. The average molecular weight is 598 g/mol. The number of benzene rings is 7. The van der Waals surface area contributed by atoms with E-state index in [2.05, 4.69) is 144 Å². The van der Waals surface area contributed by atoms with Crippen molar-refractivity contribution in [1.29, 1.82) is 0 Å². The molecule has 7 aromatic carbocycles. The van der Waals surface area contributed by atoms with Crippen molar-refractivity contribution in [2.24, 2.45) is 0 Å². The fraction of sp³-hybridized carbons (Fsp3) is 0. The Kier molecular flexibility index (Phi) is 5.06. The first-order valence-corrected chi connectivity index (χ1v) is 16.4. The van der Waals surface area contributed by atoms with Crippen LogP contribution in [0.15, 0.2) is 144 Å². The molecule has 10 aromatic rings. The van der Waals surface area contributed by atoms with Crippen molar-refractivity contribution in [3.05, 3.63) is 140 Å². The highest BCUT2D eigenvalue weighted by Crippen LogP contribution is 2.46. The molecular formula is C40H23NOS2. The van der Waals surface area contributed by atoms with Crippen LogP contribution in [0.4, 0.5) is 17.1 Å². The number of nitrogens with zero attached hydrogens (tertiary/aromatic N) is 1. The molecule has 0 bridgehead atoms. The van der Waals surface area contributed by atoms with E-state index >= 15 is 0 Å². The molecule has 0 fully saturated rings. The summed E-state index contributed by atoms with van der Waals surface area (Å²) in [5.41, 5.74) is 5.20. The number of anilines is 3. The SMILES string of the molecule is c1ccc(N(c2ccc3sc4ccccc4c3c2)c2ccc3oc4ccc5c6cc7ccccc7cc6sc5c4c3c2)cc1. The lowest BCUT2D eigenvalue weighted by Crippen LogP contribution is -2.09. The van der Waals surface area contributed by atoms with Crippen LogP contribution in [-0.4, -0.2) is 0 Å². The zero-order valence-electron chi connectivity index (χ0n) is 23.5.